The summed E-state index contributed by atoms with van der Waals surface area (Å²) in [6.45, 7) is 1.73. The molecule has 9 heteroatoms. The van der Waals surface area contributed by atoms with Crippen molar-refractivity contribution in [2.24, 2.45) is 5.92 Å². The number of carboxylic acid groups (broad SMARTS) is 1. The highest BCUT2D eigenvalue weighted by atomic mass is 19.2. The second-order valence-corrected chi connectivity index (χ2v) is 10.3. The molecule has 0 radical (unpaired) electrons. The van der Waals surface area contributed by atoms with Gasteiger partial charge >= 0.3 is 5.97 Å². The van der Waals surface area contributed by atoms with Crippen LogP contribution in [-0.2, 0) is 9.53 Å². The van der Waals surface area contributed by atoms with E-state index >= 15 is 0 Å². The molecule has 1 aliphatic rings. The number of benzene rings is 3. The summed E-state index contributed by atoms with van der Waals surface area (Å²) in [5, 5.41) is 12.3. The van der Waals surface area contributed by atoms with Gasteiger partial charge in [0.15, 0.2) is 11.6 Å². The van der Waals surface area contributed by atoms with E-state index < -0.39 is 29.7 Å². The van der Waals surface area contributed by atoms with Crippen molar-refractivity contribution in [1.29, 1.82) is 0 Å². The monoisotopic (exact) mass is 547 g/mol. The number of ether oxygens (including phenoxy) is 1. The van der Waals surface area contributed by atoms with Crippen LogP contribution in [0.1, 0.15) is 71.6 Å². The molecule has 1 heterocycles. The van der Waals surface area contributed by atoms with Crippen molar-refractivity contribution in [3.8, 4) is 0 Å². The summed E-state index contributed by atoms with van der Waals surface area (Å²) in [5.74, 6) is -3.17. The molecule has 7 nitrogen and oxygen atoms in total. The highest BCUT2D eigenvalue weighted by Gasteiger charge is 2.36. The van der Waals surface area contributed by atoms with Crippen LogP contribution in [0.5, 0.6) is 0 Å². The Morgan fingerprint density at radius 2 is 1.73 bits per heavy atom. The molecule has 0 saturated heterocycles. The summed E-state index contributed by atoms with van der Waals surface area (Å²) in [7, 11) is 1.53. The number of aryl methyl sites for hydroxylation is 1. The topological polar surface area (TPSA) is 93.5 Å². The van der Waals surface area contributed by atoms with E-state index in [0.717, 1.165) is 49.8 Å². The van der Waals surface area contributed by atoms with Gasteiger partial charge in [-0.3, -0.25) is 4.79 Å². The number of rotatable bonds is 8. The number of methoxy groups -OCH3 is 1. The maximum atomic E-state index is 14.7. The van der Waals surface area contributed by atoms with Gasteiger partial charge in [0.25, 0.3) is 0 Å². The van der Waals surface area contributed by atoms with E-state index in [1.165, 1.54) is 19.2 Å². The third kappa shape index (κ3) is 5.34. The second-order valence-electron chi connectivity index (χ2n) is 10.3. The Balaban J connectivity index is 1.68. The van der Waals surface area contributed by atoms with Crippen molar-refractivity contribution in [2.45, 2.75) is 51.2 Å². The number of amides is 1. The molecule has 1 aromatic heterocycles. The predicted octanol–water partition coefficient (Wildman–Crippen LogP) is 6.82. The van der Waals surface area contributed by atoms with E-state index in [4.69, 9.17) is 9.72 Å². The minimum Gasteiger partial charge on any atom is -0.478 e. The number of hydrogen-bond acceptors (Lipinski definition) is 4. The van der Waals surface area contributed by atoms with Crippen molar-refractivity contribution in [2.75, 3.05) is 12.4 Å². The van der Waals surface area contributed by atoms with Crippen LogP contribution in [0, 0.1) is 24.5 Å². The van der Waals surface area contributed by atoms with Crippen LogP contribution in [0.4, 0.5) is 14.5 Å². The summed E-state index contributed by atoms with van der Waals surface area (Å²) in [5.41, 5.74) is 2.50. The normalized spacial score (nSPS) is 15.6. The van der Waals surface area contributed by atoms with E-state index in [1.54, 1.807) is 17.6 Å². The molecule has 0 unspecified atom stereocenters. The molecule has 2 atom stereocenters. The zero-order chi connectivity index (χ0) is 28.4. The number of halogens is 2. The van der Waals surface area contributed by atoms with Gasteiger partial charge in [-0.25, -0.2) is 18.6 Å². The van der Waals surface area contributed by atoms with Crippen LogP contribution in [0.25, 0.3) is 11.0 Å². The Labute approximate surface area is 230 Å². The lowest BCUT2D eigenvalue weighted by Crippen LogP contribution is -2.35. The average Bonchev–Trinajstić information content (AvgIpc) is 3.28. The number of nitrogens with one attached hydrogen (secondary N) is 1. The summed E-state index contributed by atoms with van der Waals surface area (Å²) >= 11 is 0. The maximum absolute atomic E-state index is 14.7. The van der Waals surface area contributed by atoms with Gasteiger partial charge in [-0.1, -0.05) is 49.6 Å². The number of imidazole rings is 1. The highest BCUT2D eigenvalue weighted by molar-refractivity contribution is 5.97. The Hall–Kier alpha value is -4.11. The number of nitrogens with zero attached hydrogens (tertiary/aromatic N) is 2. The number of anilines is 1. The van der Waals surface area contributed by atoms with Gasteiger partial charge in [0.1, 0.15) is 18.0 Å². The Morgan fingerprint density at radius 3 is 2.38 bits per heavy atom. The van der Waals surface area contributed by atoms with Crippen molar-refractivity contribution >= 4 is 28.6 Å². The van der Waals surface area contributed by atoms with Crippen molar-refractivity contribution in [3.05, 3.63) is 94.8 Å². The van der Waals surface area contributed by atoms with Crippen molar-refractivity contribution in [3.63, 3.8) is 0 Å². The number of carbonyl (C=O) groups excluding carboxylic acids is 1. The highest BCUT2D eigenvalue weighted by Crippen LogP contribution is 2.40. The van der Waals surface area contributed by atoms with Crippen molar-refractivity contribution in [1.82, 2.24) is 9.55 Å². The number of carboxylic acids is 1. The Morgan fingerprint density at radius 1 is 1.02 bits per heavy atom. The van der Waals surface area contributed by atoms with Gasteiger partial charge in [-0.05, 0) is 55.0 Å². The molecule has 3 aromatic carbocycles. The van der Waals surface area contributed by atoms with Gasteiger partial charge in [-0.2, -0.15) is 0 Å². The standard InChI is InChI=1S/C31H31F2N3O4/c1-18-15-21(31(38)39)13-14-24(18)35-30(37)27(19-9-5-3-6-10-19)36-26-17-23(33)22(32)16-25(26)34-29(36)28(40-2)20-11-7-4-8-12-20/h4,7-8,11-17,19,27-28H,3,5-6,9-10H2,1-2H3,(H,35,37)(H,38,39)/t27-,28-/m1/s1. The molecule has 1 aliphatic carbocycles. The fraction of sp³-hybridized carbons (Fsp3) is 0.323. The zero-order valence-corrected chi connectivity index (χ0v) is 22.4. The number of carbonyl (C=O) groups is 2. The van der Waals surface area contributed by atoms with Crippen LogP contribution in [0.15, 0.2) is 60.7 Å². The lowest BCUT2D eigenvalue weighted by Gasteiger charge is -2.33. The quantitative estimate of drug-likeness (QED) is 0.253. The van der Waals surface area contributed by atoms with Crippen LogP contribution in [0.2, 0.25) is 0 Å². The Kier molecular flexibility index (Phi) is 7.93. The first kappa shape index (κ1) is 27.5. The minimum atomic E-state index is -1.06. The molecule has 0 bridgehead atoms. The van der Waals surface area contributed by atoms with E-state index in [9.17, 15) is 23.5 Å². The van der Waals surface area contributed by atoms with Crippen molar-refractivity contribution < 1.29 is 28.2 Å². The predicted molar refractivity (Wildman–Crippen MR) is 147 cm³/mol. The van der Waals surface area contributed by atoms with Gasteiger partial charge in [0, 0.05) is 24.9 Å². The van der Waals surface area contributed by atoms with E-state index in [0.29, 0.717) is 22.6 Å². The molecule has 208 valence electrons. The van der Waals surface area contributed by atoms with Crippen LogP contribution >= 0.6 is 0 Å². The van der Waals surface area contributed by atoms with Gasteiger partial charge < -0.3 is 19.7 Å². The van der Waals surface area contributed by atoms with E-state index in [-0.39, 0.29) is 22.9 Å². The summed E-state index contributed by atoms with van der Waals surface area (Å²) in [6, 6.07) is 15.2. The number of hydrogen-bond donors (Lipinski definition) is 2. The van der Waals surface area contributed by atoms with E-state index in [2.05, 4.69) is 5.32 Å². The molecule has 40 heavy (non-hydrogen) atoms. The average molecular weight is 548 g/mol. The van der Waals surface area contributed by atoms with Crippen LogP contribution in [-0.4, -0.2) is 33.6 Å². The largest absolute Gasteiger partial charge is 0.478 e. The fourth-order valence-electron chi connectivity index (χ4n) is 5.74. The second kappa shape index (κ2) is 11.6. The van der Waals surface area contributed by atoms with Gasteiger partial charge in [0.2, 0.25) is 5.91 Å². The molecular formula is C31H31F2N3O4. The molecule has 4 aromatic rings. The third-order valence-corrected chi connectivity index (χ3v) is 7.71. The third-order valence-electron chi connectivity index (χ3n) is 7.71. The number of fused-ring (bicyclic) bond motifs is 1. The molecule has 5 rings (SSSR count). The molecule has 1 saturated carbocycles. The summed E-state index contributed by atoms with van der Waals surface area (Å²) in [4.78, 5) is 30.3. The minimum absolute atomic E-state index is 0.0927. The van der Waals surface area contributed by atoms with Gasteiger partial charge in [-0.15, -0.1) is 0 Å². The first-order chi connectivity index (χ1) is 19.3. The Bertz CT molecular complexity index is 1550. The summed E-state index contributed by atoms with van der Waals surface area (Å²) in [6.07, 6.45) is 3.80. The SMILES string of the molecule is CO[C@H](c1ccccc1)c1nc2cc(F)c(F)cc2n1[C@@H](C(=O)Nc1ccc(C(=O)O)cc1C)C1CCCCC1. The molecule has 1 fully saturated rings. The molecule has 2 N–H and O–H groups in total. The van der Waals surface area contributed by atoms with Gasteiger partial charge in [0.05, 0.1) is 16.6 Å². The molecular weight excluding hydrogens is 516 g/mol. The zero-order valence-electron chi connectivity index (χ0n) is 22.4. The smallest absolute Gasteiger partial charge is 0.335 e. The number of aromatic carboxylic acids is 1. The molecule has 0 spiro atoms. The van der Waals surface area contributed by atoms with Crippen LogP contribution in [0.3, 0.4) is 0 Å². The maximum Gasteiger partial charge on any atom is 0.335 e. The lowest BCUT2D eigenvalue weighted by molar-refractivity contribution is -0.121. The first-order valence-corrected chi connectivity index (χ1v) is 13.4. The first-order valence-electron chi connectivity index (χ1n) is 13.4. The molecule has 1 amide bonds. The van der Waals surface area contributed by atoms with Crippen LogP contribution < -0.4 is 5.32 Å². The fourth-order valence-corrected chi connectivity index (χ4v) is 5.74. The lowest BCUT2D eigenvalue weighted by atomic mass is 9.83. The summed E-state index contributed by atoms with van der Waals surface area (Å²) < 4.78 is 36.6. The van der Waals surface area contributed by atoms with E-state index in [1.807, 2.05) is 30.3 Å². The molecule has 0 aliphatic heterocycles. The number of aromatic nitrogens is 2.